The lowest BCUT2D eigenvalue weighted by Gasteiger charge is -2.32. The molecule has 2 aliphatic rings. The Morgan fingerprint density at radius 2 is 1.90 bits per heavy atom. The van der Waals surface area contributed by atoms with Crippen LogP contribution in [0, 0.1) is 5.92 Å². The van der Waals surface area contributed by atoms with Crippen molar-refractivity contribution in [3.63, 3.8) is 0 Å². The molecule has 158 valence electrons. The molecule has 1 heterocycles. The zero-order valence-electron chi connectivity index (χ0n) is 17.7. The Morgan fingerprint density at radius 3 is 2.59 bits per heavy atom. The van der Waals surface area contributed by atoms with Crippen LogP contribution in [0.1, 0.15) is 57.9 Å². The number of hydrogen-bond acceptors (Lipinski definition) is 4. The second-order valence-electron chi connectivity index (χ2n) is 8.21. The van der Waals surface area contributed by atoms with Crippen molar-refractivity contribution in [3.05, 3.63) is 29.8 Å². The fraction of sp³-hybridized carbons (Fsp3) is 0.609. The van der Waals surface area contributed by atoms with Gasteiger partial charge in [0.15, 0.2) is 6.10 Å². The lowest BCUT2D eigenvalue weighted by Crippen LogP contribution is -2.44. The monoisotopic (exact) mass is 400 g/mol. The van der Waals surface area contributed by atoms with Crippen LogP contribution in [-0.2, 0) is 25.5 Å². The van der Waals surface area contributed by atoms with Gasteiger partial charge in [-0.25, -0.2) is 0 Å². The predicted molar refractivity (Wildman–Crippen MR) is 111 cm³/mol. The van der Waals surface area contributed by atoms with Crippen molar-refractivity contribution in [2.75, 3.05) is 18.5 Å². The summed E-state index contributed by atoms with van der Waals surface area (Å²) < 4.78 is 5.49. The van der Waals surface area contributed by atoms with Gasteiger partial charge < -0.3 is 14.5 Å². The number of nitrogens with zero attached hydrogens (tertiary/aromatic N) is 2. The van der Waals surface area contributed by atoms with Crippen LogP contribution in [0.15, 0.2) is 24.3 Å². The minimum absolute atomic E-state index is 0.0776. The van der Waals surface area contributed by atoms with Gasteiger partial charge >= 0.3 is 5.97 Å². The Labute approximate surface area is 173 Å². The van der Waals surface area contributed by atoms with E-state index in [0.29, 0.717) is 6.54 Å². The van der Waals surface area contributed by atoms with Crippen molar-refractivity contribution in [3.8, 4) is 0 Å². The van der Waals surface area contributed by atoms with Crippen molar-refractivity contribution >= 4 is 23.5 Å². The third-order valence-corrected chi connectivity index (χ3v) is 6.23. The van der Waals surface area contributed by atoms with Crippen LogP contribution in [0.4, 0.5) is 5.69 Å². The second kappa shape index (κ2) is 9.42. The molecule has 0 radical (unpaired) electrons. The highest BCUT2D eigenvalue weighted by atomic mass is 16.5. The van der Waals surface area contributed by atoms with Gasteiger partial charge in [0.05, 0.1) is 5.92 Å². The van der Waals surface area contributed by atoms with Crippen LogP contribution in [0.5, 0.6) is 0 Å². The van der Waals surface area contributed by atoms with Crippen molar-refractivity contribution in [2.45, 2.75) is 70.9 Å². The molecule has 1 saturated heterocycles. The molecule has 1 aliphatic carbocycles. The summed E-state index contributed by atoms with van der Waals surface area (Å²) in [5.41, 5.74) is 1.93. The van der Waals surface area contributed by atoms with E-state index >= 15 is 0 Å². The molecule has 2 fully saturated rings. The molecule has 0 spiro atoms. The number of anilines is 1. The highest BCUT2D eigenvalue weighted by Crippen LogP contribution is 2.29. The van der Waals surface area contributed by atoms with E-state index < -0.39 is 18.0 Å². The molecule has 1 aliphatic heterocycles. The van der Waals surface area contributed by atoms with E-state index in [9.17, 15) is 14.4 Å². The van der Waals surface area contributed by atoms with Crippen LogP contribution in [0.3, 0.4) is 0 Å². The van der Waals surface area contributed by atoms with Crippen molar-refractivity contribution < 1.29 is 19.1 Å². The molecule has 2 atom stereocenters. The number of hydrogen-bond donors (Lipinski definition) is 0. The van der Waals surface area contributed by atoms with Crippen molar-refractivity contribution in [2.24, 2.45) is 5.92 Å². The number of carbonyl (C=O) groups excluding carboxylic acids is 3. The van der Waals surface area contributed by atoms with Gasteiger partial charge in [-0.3, -0.25) is 14.4 Å². The summed E-state index contributed by atoms with van der Waals surface area (Å²) in [6.07, 6.45) is 5.60. The Hall–Kier alpha value is -2.37. The molecule has 1 saturated carbocycles. The lowest BCUT2D eigenvalue weighted by atomic mass is 9.94. The average molecular weight is 401 g/mol. The first-order chi connectivity index (χ1) is 13.9. The maximum Gasteiger partial charge on any atom is 0.312 e. The largest absolute Gasteiger partial charge is 0.452 e. The topological polar surface area (TPSA) is 66.9 Å². The van der Waals surface area contributed by atoms with E-state index in [0.717, 1.165) is 43.4 Å². The van der Waals surface area contributed by atoms with Crippen molar-refractivity contribution in [1.29, 1.82) is 0 Å². The number of rotatable bonds is 6. The number of ether oxygens (including phenoxy) is 1. The normalized spacial score (nSPS) is 21.1. The molecule has 0 unspecified atom stereocenters. The van der Waals surface area contributed by atoms with Gasteiger partial charge in [0.25, 0.3) is 5.91 Å². The van der Waals surface area contributed by atoms with Gasteiger partial charge in [0, 0.05) is 31.7 Å². The van der Waals surface area contributed by atoms with E-state index in [4.69, 9.17) is 4.74 Å². The number of aryl methyl sites for hydroxylation is 1. The predicted octanol–water partition coefficient (Wildman–Crippen LogP) is 3.32. The molecule has 6 heteroatoms. The van der Waals surface area contributed by atoms with E-state index in [-0.39, 0.29) is 24.3 Å². The van der Waals surface area contributed by atoms with Gasteiger partial charge in [-0.15, -0.1) is 0 Å². The Bertz CT molecular complexity index is 757. The lowest BCUT2D eigenvalue weighted by molar-refractivity contribution is -0.162. The fourth-order valence-corrected chi connectivity index (χ4v) is 4.43. The van der Waals surface area contributed by atoms with Crippen LogP contribution >= 0.6 is 0 Å². The standard InChI is InChI=1S/C23H32N2O4/c1-4-17-10-8-9-13-20(17)25-15-18(14-21(25)26)23(28)29-16(2)22(27)24(3)19-11-6-5-7-12-19/h8-10,13,16,18-19H,4-7,11-12,14-15H2,1-3H3/t16-,18+/m1/s1. The molecule has 1 aromatic rings. The van der Waals surface area contributed by atoms with Gasteiger partial charge in [0.1, 0.15) is 0 Å². The highest BCUT2D eigenvalue weighted by Gasteiger charge is 2.38. The highest BCUT2D eigenvalue weighted by molar-refractivity contribution is 6.00. The quantitative estimate of drug-likeness (QED) is 0.687. The first kappa shape index (κ1) is 21.3. The summed E-state index contributed by atoms with van der Waals surface area (Å²) in [6, 6.07) is 7.98. The number of benzene rings is 1. The van der Waals surface area contributed by atoms with Crippen LogP contribution in [0.25, 0.3) is 0 Å². The third kappa shape index (κ3) is 4.80. The van der Waals surface area contributed by atoms with Crippen LogP contribution < -0.4 is 4.90 Å². The summed E-state index contributed by atoms with van der Waals surface area (Å²) in [7, 11) is 1.80. The summed E-state index contributed by atoms with van der Waals surface area (Å²) in [4.78, 5) is 41.3. The van der Waals surface area contributed by atoms with E-state index in [2.05, 4.69) is 0 Å². The number of amides is 2. The Morgan fingerprint density at radius 1 is 1.21 bits per heavy atom. The number of para-hydroxylation sites is 1. The molecule has 29 heavy (non-hydrogen) atoms. The van der Waals surface area contributed by atoms with Gasteiger partial charge in [-0.1, -0.05) is 44.4 Å². The maximum atomic E-state index is 12.7. The average Bonchev–Trinajstić information content (AvgIpc) is 3.14. The zero-order valence-corrected chi connectivity index (χ0v) is 17.7. The minimum Gasteiger partial charge on any atom is -0.452 e. The SMILES string of the molecule is CCc1ccccc1N1C[C@@H](C(=O)O[C@H](C)C(=O)N(C)C2CCCCC2)CC1=O. The van der Waals surface area contributed by atoms with E-state index in [1.54, 1.807) is 23.8 Å². The van der Waals surface area contributed by atoms with Crippen molar-refractivity contribution in [1.82, 2.24) is 4.90 Å². The summed E-state index contributed by atoms with van der Waals surface area (Å²) in [5, 5.41) is 0. The van der Waals surface area contributed by atoms with E-state index in [1.807, 2.05) is 31.2 Å². The molecule has 0 bridgehead atoms. The Balaban J connectivity index is 1.59. The maximum absolute atomic E-state index is 12.7. The molecular formula is C23H32N2O4. The van der Waals surface area contributed by atoms with Gasteiger partial charge in [0.2, 0.25) is 5.91 Å². The first-order valence-corrected chi connectivity index (χ1v) is 10.8. The minimum atomic E-state index is -0.832. The molecule has 0 aromatic heterocycles. The summed E-state index contributed by atoms with van der Waals surface area (Å²) in [6.45, 7) is 3.97. The van der Waals surface area contributed by atoms with Crippen LogP contribution in [0.2, 0.25) is 0 Å². The third-order valence-electron chi connectivity index (χ3n) is 6.23. The van der Waals surface area contributed by atoms with Crippen LogP contribution in [-0.4, -0.2) is 48.4 Å². The molecule has 2 amide bonds. The first-order valence-electron chi connectivity index (χ1n) is 10.8. The number of esters is 1. The molecule has 3 rings (SSSR count). The summed E-state index contributed by atoms with van der Waals surface area (Å²) >= 11 is 0. The smallest absolute Gasteiger partial charge is 0.312 e. The Kier molecular flexibility index (Phi) is 6.93. The molecule has 0 N–H and O–H groups in total. The summed E-state index contributed by atoms with van der Waals surface area (Å²) in [5.74, 6) is -1.25. The zero-order chi connectivity index (χ0) is 21.0. The van der Waals surface area contributed by atoms with Gasteiger partial charge in [-0.2, -0.15) is 0 Å². The second-order valence-corrected chi connectivity index (χ2v) is 8.21. The fourth-order valence-electron chi connectivity index (χ4n) is 4.43. The molecule has 1 aromatic carbocycles. The molecule has 6 nitrogen and oxygen atoms in total. The number of carbonyl (C=O) groups is 3. The molecular weight excluding hydrogens is 368 g/mol. The van der Waals surface area contributed by atoms with Gasteiger partial charge in [-0.05, 0) is 37.8 Å². The van der Waals surface area contributed by atoms with E-state index in [1.165, 1.54) is 6.42 Å². The number of likely N-dealkylation sites (N-methyl/N-ethyl adjacent to an activating group) is 1.